The maximum Gasteiger partial charge on any atom is 0.291 e. The fourth-order valence-electron chi connectivity index (χ4n) is 1.75. The molecule has 0 unspecified atom stereocenters. The average molecular weight is 327 g/mol. The molecule has 2 rings (SSSR count). The van der Waals surface area contributed by atoms with E-state index in [1.165, 1.54) is 17.4 Å². The lowest BCUT2D eigenvalue weighted by molar-refractivity contribution is -0.387. The molecule has 0 radical (unpaired) electrons. The van der Waals surface area contributed by atoms with E-state index in [9.17, 15) is 18.5 Å². The normalized spacial score (nSPS) is 11.4. The van der Waals surface area contributed by atoms with Gasteiger partial charge in [-0.3, -0.25) is 10.1 Å². The molecule has 2 aromatic rings. The third-order valence-corrected chi connectivity index (χ3v) is 5.16. The van der Waals surface area contributed by atoms with Gasteiger partial charge in [0.25, 0.3) is 5.69 Å². The number of nitrogens with one attached hydrogen (secondary N) is 1. The van der Waals surface area contributed by atoms with Gasteiger partial charge >= 0.3 is 0 Å². The first-order valence-electron chi connectivity index (χ1n) is 5.96. The number of nitro groups is 1. The zero-order valence-corrected chi connectivity index (χ0v) is 12.5. The Morgan fingerprint density at radius 3 is 2.71 bits per heavy atom. The number of benzene rings is 1. The number of rotatable bonds is 6. The zero-order valence-electron chi connectivity index (χ0n) is 10.9. The topological polar surface area (TPSA) is 115 Å². The van der Waals surface area contributed by atoms with E-state index >= 15 is 0 Å². The van der Waals surface area contributed by atoms with Crippen molar-refractivity contribution in [3.63, 3.8) is 0 Å². The van der Waals surface area contributed by atoms with Crippen molar-refractivity contribution in [1.82, 2.24) is 4.72 Å². The lowest BCUT2D eigenvalue weighted by Crippen LogP contribution is -2.26. The summed E-state index contributed by atoms with van der Waals surface area (Å²) in [4.78, 5) is 10.8. The van der Waals surface area contributed by atoms with Gasteiger partial charge in [0, 0.05) is 23.2 Å². The fraction of sp³-hybridized carbons (Fsp3) is 0.167. The predicted octanol–water partition coefficient (Wildman–Crippen LogP) is 1.76. The molecule has 0 spiro atoms. The van der Waals surface area contributed by atoms with Gasteiger partial charge in [0.15, 0.2) is 4.90 Å². The fourth-order valence-corrected chi connectivity index (χ4v) is 3.64. The van der Waals surface area contributed by atoms with Crippen LogP contribution < -0.4 is 10.5 Å². The molecule has 0 saturated carbocycles. The highest BCUT2D eigenvalue weighted by molar-refractivity contribution is 7.89. The van der Waals surface area contributed by atoms with Crippen LogP contribution in [0.2, 0.25) is 0 Å². The van der Waals surface area contributed by atoms with Crippen molar-refractivity contribution in [2.75, 3.05) is 12.3 Å². The Balaban J connectivity index is 2.17. The summed E-state index contributed by atoms with van der Waals surface area (Å²) >= 11 is 1.52. The van der Waals surface area contributed by atoms with Crippen LogP contribution in [0.4, 0.5) is 11.4 Å². The van der Waals surface area contributed by atoms with E-state index < -0.39 is 20.6 Å². The predicted molar refractivity (Wildman–Crippen MR) is 80.7 cm³/mol. The van der Waals surface area contributed by atoms with Gasteiger partial charge in [0.05, 0.1) is 4.92 Å². The summed E-state index contributed by atoms with van der Waals surface area (Å²) < 4.78 is 26.7. The van der Waals surface area contributed by atoms with Gasteiger partial charge in [-0.1, -0.05) is 6.07 Å². The first kappa shape index (κ1) is 15.4. The first-order valence-corrected chi connectivity index (χ1v) is 8.32. The van der Waals surface area contributed by atoms with Crippen LogP contribution in [0.25, 0.3) is 0 Å². The van der Waals surface area contributed by atoms with Gasteiger partial charge in [-0.15, -0.1) is 11.3 Å². The Morgan fingerprint density at radius 2 is 2.10 bits per heavy atom. The SMILES string of the molecule is Nc1ccc(S(=O)(=O)NCCc2cccs2)c([N+](=O)[O-])c1. The quantitative estimate of drug-likeness (QED) is 0.476. The Labute approximate surface area is 125 Å². The van der Waals surface area contributed by atoms with Gasteiger partial charge < -0.3 is 5.73 Å². The molecule has 0 amide bonds. The lowest BCUT2D eigenvalue weighted by atomic mass is 10.3. The van der Waals surface area contributed by atoms with Crippen LogP contribution in [0.3, 0.4) is 0 Å². The van der Waals surface area contributed by atoms with Gasteiger partial charge in [-0.2, -0.15) is 0 Å². The number of nitro benzene ring substituents is 1. The van der Waals surface area contributed by atoms with Crippen LogP contribution in [0.15, 0.2) is 40.6 Å². The molecule has 0 aliphatic rings. The van der Waals surface area contributed by atoms with Crippen molar-refractivity contribution in [2.24, 2.45) is 0 Å². The largest absolute Gasteiger partial charge is 0.399 e. The van der Waals surface area contributed by atoms with Crippen LogP contribution in [-0.4, -0.2) is 19.9 Å². The van der Waals surface area contributed by atoms with Crippen LogP contribution in [0, 0.1) is 10.1 Å². The van der Waals surface area contributed by atoms with Crippen LogP contribution in [0.5, 0.6) is 0 Å². The smallest absolute Gasteiger partial charge is 0.291 e. The summed E-state index contributed by atoms with van der Waals surface area (Å²) in [6.45, 7) is 0.171. The third kappa shape index (κ3) is 3.78. The minimum Gasteiger partial charge on any atom is -0.399 e. The highest BCUT2D eigenvalue weighted by Crippen LogP contribution is 2.25. The Kier molecular flexibility index (Phi) is 4.56. The Bertz CT molecular complexity index is 742. The summed E-state index contributed by atoms with van der Waals surface area (Å²) in [5, 5.41) is 12.8. The van der Waals surface area contributed by atoms with E-state index in [1.54, 1.807) is 0 Å². The van der Waals surface area contributed by atoms with E-state index in [-0.39, 0.29) is 17.1 Å². The Hall–Kier alpha value is -1.97. The standard InChI is InChI=1S/C12H13N3O4S2/c13-9-3-4-12(11(8-9)15(16)17)21(18,19)14-6-5-10-2-1-7-20-10/h1-4,7-8,14H,5-6,13H2. The monoisotopic (exact) mass is 327 g/mol. The van der Waals surface area contributed by atoms with Crippen molar-refractivity contribution >= 4 is 32.7 Å². The van der Waals surface area contributed by atoms with E-state index in [2.05, 4.69) is 4.72 Å². The maximum atomic E-state index is 12.1. The second-order valence-electron chi connectivity index (χ2n) is 4.21. The number of hydrogen-bond acceptors (Lipinski definition) is 6. The molecule has 21 heavy (non-hydrogen) atoms. The molecule has 0 aliphatic carbocycles. The van der Waals surface area contributed by atoms with Gasteiger partial charge in [-0.05, 0) is 30.0 Å². The summed E-state index contributed by atoms with van der Waals surface area (Å²) in [5.74, 6) is 0. The minimum atomic E-state index is -3.95. The number of anilines is 1. The zero-order chi connectivity index (χ0) is 15.5. The second kappa shape index (κ2) is 6.20. The summed E-state index contributed by atoms with van der Waals surface area (Å²) in [5.41, 5.74) is 5.06. The molecule has 7 nitrogen and oxygen atoms in total. The molecule has 0 bridgehead atoms. The van der Waals surface area contributed by atoms with Gasteiger partial charge in [0.2, 0.25) is 10.0 Å². The number of nitrogens with two attached hydrogens (primary N) is 1. The summed E-state index contributed by atoms with van der Waals surface area (Å²) in [7, 11) is -3.95. The molecule has 0 atom stereocenters. The van der Waals surface area contributed by atoms with Crippen molar-refractivity contribution in [2.45, 2.75) is 11.3 Å². The molecule has 0 saturated heterocycles. The lowest BCUT2D eigenvalue weighted by Gasteiger charge is -2.07. The molecule has 3 N–H and O–H groups in total. The molecule has 0 aliphatic heterocycles. The third-order valence-electron chi connectivity index (χ3n) is 2.71. The highest BCUT2D eigenvalue weighted by Gasteiger charge is 2.25. The molecular weight excluding hydrogens is 314 g/mol. The highest BCUT2D eigenvalue weighted by atomic mass is 32.2. The van der Waals surface area contributed by atoms with E-state index in [1.807, 2.05) is 17.5 Å². The van der Waals surface area contributed by atoms with Crippen molar-refractivity contribution in [3.8, 4) is 0 Å². The van der Waals surface area contributed by atoms with Crippen molar-refractivity contribution in [1.29, 1.82) is 0 Å². The average Bonchev–Trinajstić information content (AvgIpc) is 2.91. The maximum absolute atomic E-state index is 12.1. The molecule has 1 heterocycles. The van der Waals surface area contributed by atoms with Crippen LogP contribution >= 0.6 is 11.3 Å². The number of hydrogen-bond donors (Lipinski definition) is 2. The number of nitrogen functional groups attached to an aromatic ring is 1. The van der Waals surface area contributed by atoms with Crippen molar-refractivity contribution in [3.05, 3.63) is 50.7 Å². The van der Waals surface area contributed by atoms with Crippen LogP contribution in [0.1, 0.15) is 4.88 Å². The van der Waals surface area contributed by atoms with E-state index in [4.69, 9.17) is 5.73 Å². The molecule has 1 aromatic carbocycles. The number of thiophene rings is 1. The molecule has 9 heteroatoms. The molecule has 0 fully saturated rings. The molecule has 1 aromatic heterocycles. The number of sulfonamides is 1. The minimum absolute atomic E-state index is 0.138. The van der Waals surface area contributed by atoms with E-state index in [0.717, 1.165) is 17.0 Å². The summed E-state index contributed by atoms with van der Waals surface area (Å²) in [6.07, 6.45) is 0.527. The summed E-state index contributed by atoms with van der Waals surface area (Å²) in [6, 6.07) is 7.26. The van der Waals surface area contributed by atoms with Gasteiger partial charge in [-0.25, -0.2) is 13.1 Å². The molecular formula is C12H13N3O4S2. The second-order valence-corrected chi connectivity index (χ2v) is 6.98. The van der Waals surface area contributed by atoms with Crippen molar-refractivity contribution < 1.29 is 13.3 Å². The number of nitrogens with zero attached hydrogens (tertiary/aromatic N) is 1. The Morgan fingerprint density at radius 1 is 1.33 bits per heavy atom. The molecule has 112 valence electrons. The van der Waals surface area contributed by atoms with Gasteiger partial charge in [0.1, 0.15) is 0 Å². The van der Waals surface area contributed by atoms with E-state index in [0.29, 0.717) is 6.42 Å². The van der Waals surface area contributed by atoms with Crippen LogP contribution in [-0.2, 0) is 16.4 Å². The first-order chi connectivity index (χ1) is 9.90.